The van der Waals surface area contributed by atoms with Crippen molar-refractivity contribution in [3.63, 3.8) is 0 Å². The van der Waals surface area contributed by atoms with Gasteiger partial charge >= 0.3 is 12.2 Å². The van der Waals surface area contributed by atoms with Gasteiger partial charge in [-0.1, -0.05) is 22.9 Å². The summed E-state index contributed by atoms with van der Waals surface area (Å²) in [6, 6.07) is 2.28. The van der Waals surface area contributed by atoms with Crippen LogP contribution in [-0.2, 0) is 4.79 Å². The van der Waals surface area contributed by atoms with Crippen molar-refractivity contribution in [1.29, 1.82) is 0 Å². The highest BCUT2D eigenvalue weighted by Gasteiger charge is 2.66. The van der Waals surface area contributed by atoms with Gasteiger partial charge in [-0.2, -0.15) is 17.6 Å². The van der Waals surface area contributed by atoms with Gasteiger partial charge in [-0.15, -0.1) is 0 Å². The lowest BCUT2D eigenvalue weighted by molar-refractivity contribution is -0.391. The molecule has 1 atom stereocenters. The Hall–Kier alpha value is -1.31. The lowest BCUT2D eigenvalue weighted by Crippen LogP contribution is -2.52. The van der Waals surface area contributed by atoms with Gasteiger partial charge in [0.15, 0.2) is 11.5 Å². The number of carbonyl (C=O) groups excluding carboxylic acids is 1. The average Bonchev–Trinajstić information content (AvgIpc) is 2.30. The Balaban J connectivity index is 2.45. The van der Waals surface area contributed by atoms with E-state index < -0.39 is 23.7 Å². The summed E-state index contributed by atoms with van der Waals surface area (Å²) in [7, 11) is 0. The summed E-state index contributed by atoms with van der Waals surface area (Å²) in [5, 5.41) is 0. The third-order valence-electron chi connectivity index (χ3n) is 2.86. The molecule has 1 aromatic rings. The van der Waals surface area contributed by atoms with E-state index in [2.05, 4.69) is 25.4 Å². The molecule has 1 unspecified atom stereocenters. The van der Waals surface area contributed by atoms with Gasteiger partial charge in [0.05, 0.1) is 0 Å². The normalized spacial score (nSPS) is 20.3. The van der Waals surface area contributed by atoms with Crippen LogP contribution >= 0.6 is 15.9 Å². The van der Waals surface area contributed by atoms with Crippen molar-refractivity contribution in [2.24, 2.45) is 0 Å². The maximum absolute atomic E-state index is 13.1. The predicted octanol–water partition coefficient (Wildman–Crippen LogP) is 4.10. The van der Waals surface area contributed by atoms with Crippen LogP contribution in [0.2, 0.25) is 0 Å². The standard InChI is InChI=1S/C12H9BrF4O3/c1-6(2-3-18)7-4-9-10(5-8(7)13)20-12(16,17)11(14,15)19-9/h3-6H,2H2,1H3. The van der Waals surface area contributed by atoms with E-state index in [0.717, 1.165) is 12.1 Å². The maximum Gasteiger partial charge on any atom is 0.507 e. The molecule has 0 saturated heterocycles. The molecule has 0 N–H and O–H groups in total. The monoisotopic (exact) mass is 356 g/mol. The van der Waals surface area contributed by atoms with Crippen molar-refractivity contribution < 1.29 is 31.8 Å². The molecule has 1 aliphatic rings. The molecular formula is C12H9BrF4O3. The molecule has 0 bridgehead atoms. The second-order valence-electron chi connectivity index (χ2n) is 4.36. The molecule has 0 aliphatic carbocycles. The average molecular weight is 357 g/mol. The van der Waals surface area contributed by atoms with E-state index in [1.165, 1.54) is 0 Å². The summed E-state index contributed by atoms with van der Waals surface area (Å²) >= 11 is 3.13. The van der Waals surface area contributed by atoms with Crippen LogP contribution in [0.5, 0.6) is 11.5 Å². The molecule has 1 heterocycles. The summed E-state index contributed by atoms with van der Waals surface area (Å²) in [5.41, 5.74) is 0.487. The fraction of sp³-hybridized carbons (Fsp3) is 0.417. The van der Waals surface area contributed by atoms with Gasteiger partial charge < -0.3 is 14.3 Å². The number of benzene rings is 1. The Morgan fingerprint density at radius 2 is 1.70 bits per heavy atom. The topological polar surface area (TPSA) is 35.5 Å². The van der Waals surface area contributed by atoms with Crippen LogP contribution in [0.4, 0.5) is 17.6 Å². The van der Waals surface area contributed by atoms with Crippen LogP contribution in [0.25, 0.3) is 0 Å². The molecule has 8 heteroatoms. The molecule has 0 spiro atoms. The Kier molecular flexibility index (Phi) is 3.70. The minimum absolute atomic E-state index is 0.158. The largest absolute Gasteiger partial charge is 0.507 e. The third kappa shape index (κ3) is 2.48. The highest BCUT2D eigenvalue weighted by molar-refractivity contribution is 9.10. The molecule has 0 amide bonds. The lowest BCUT2D eigenvalue weighted by atomic mass is 9.98. The van der Waals surface area contributed by atoms with E-state index in [0.29, 0.717) is 16.3 Å². The van der Waals surface area contributed by atoms with Crippen molar-refractivity contribution in [3.05, 3.63) is 22.2 Å². The number of rotatable bonds is 3. The van der Waals surface area contributed by atoms with Crippen LogP contribution in [0.3, 0.4) is 0 Å². The second-order valence-corrected chi connectivity index (χ2v) is 5.22. The molecule has 20 heavy (non-hydrogen) atoms. The Morgan fingerprint density at radius 3 is 2.20 bits per heavy atom. The molecule has 0 radical (unpaired) electrons. The first kappa shape index (κ1) is 15.1. The molecule has 0 saturated carbocycles. The molecule has 2 rings (SSSR count). The highest BCUT2D eigenvalue weighted by atomic mass is 79.9. The summed E-state index contributed by atoms with van der Waals surface area (Å²) in [5.74, 6) is -1.27. The van der Waals surface area contributed by atoms with Crippen molar-refractivity contribution in [2.45, 2.75) is 31.5 Å². The first-order valence-electron chi connectivity index (χ1n) is 5.58. The minimum atomic E-state index is -4.75. The molecular weight excluding hydrogens is 348 g/mol. The number of halogens is 5. The first-order valence-corrected chi connectivity index (χ1v) is 6.38. The van der Waals surface area contributed by atoms with Gasteiger partial charge in [-0.05, 0) is 23.6 Å². The van der Waals surface area contributed by atoms with Crippen molar-refractivity contribution in [3.8, 4) is 11.5 Å². The van der Waals surface area contributed by atoms with E-state index in [1.807, 2.05) is 0 Å². The zero-order chi connectivity index (χ0) is 15.1. The van der Waals surface area contributed by atoms with E-state index in [9.17, 15) is 22.4 Å². The fourth-order valence-corrected chi connectivity index (χ4v) is 2.47. The molecule has 0 aromatic heterocycles. The smallest absolute Gasteiger partial charge is 0.421 e. The maximum atomic E-state index is 13.1. The van der Waals surface area contributed by atoms with Gasteiger partial charge in [0.2, 0.25) is 0 Å². The first-order chi connectivity index (χ1) is 9.18. The summed E-state index contributed by atoms with van der Waals surface area (Å²) in [6.07, 6.45) is -8.66. The fourth-order valence-electron chi connectivity index (χ4n) is 1.75. The number of carbonyl (C=O) groups is 1. The zero-order valence-corrected chi connectivity index (χ0v) is 11.7. The highest BCUT2D eigenvalue weighted by Crippen LogP contribution is 2.49. The van der Waals surface area contributed by atoms with Gasteiger partial charge in [0.25, 0.3) is 0 Å². The number of fused-ring (bicyclic) bond motifs is 1. The van der Waals surface area contributed by atoms with Gasteiger partial charge in [0.1, 0.15) is 6.29 Å². The zero-order valence-electron chi connectivity index (χ0n) is 10.1. The van der Waals surface area contributed by atoms with Crippen molar-refractivity contribution in [2.75, 3.05) is 0 Å². The van der Waals surface area contributed by atoms with E-state index >= 15 is 0 Å². The van der Waals surface area contributed by atoms with Crippen LogP contribution < -0.4 is 9.47 Å². The van der Waals surface area contributed by atoms with Crippen LogP contribution in [0.15, 0.2) is 16.6 Å². The summed E-state index contributed by atoms with van der Waals surface area (Å²) < 4.78 is 60.6. The molecule has 110 valence electrons. The summed E-state index contributed by atoms with van der Waals surface area (Å²) in [4.78, 5) is 10.5. The molecule has 1 aliphatic heterocycles. The minimum Gasteiger partial charge on any atom is -0.421 e. The third-order valence-corrected chi connectivity index (χ3v) is 3.55. The number of aldehydes is 1. The van der Waals surface area contributed by atoms with E-state index in [1.54, 1.807) is 6.92 Å². The van der Waals surface area contributed by atoms with Gasteiger partial charge in [-0.25, -0.2) is 0 Å². The molecule has 0 fully saturated rings. The van der Waals surface area contributed by atoms with E-state index in [-0.39, 0.29) is 12.3 Å². The molecule has 1 aromatic carbocycles. The Morgan fingerprint density at radius 1 is 1.20 bits per heavy atom. The van der Waals surface area contributed by atoms with Crippen LogP contribution in [0.1, 0.15) is 24.8 Å². The van der Waals surface area contributed by atoms with Crippen molar-refractivity contribution >= 4 is 22.2 Å². The van der Waals surface area contributed by atoms with Crippen LogP contribution in [-0.4, -0.2) is 18.5 Å². The number of alkyl halides is 4. The summed E-state index contributed by atoms with van der Waals surface area (Å²) in [6.45, 7) is 1.69. The van der Waals surface area contributed by atoms with E-state index in [4.69, 9.17) is 0 Å². The van der Waals surface area contributed by atoms with Crippen molar-refractivity contribution in [1.82, 2.24) is 0 Å². The second kappa shape index (κ2) is 4.91. The SMILES string of the molecule is CC(CC=O)c1cc2c(cc1Br)OC(F)(F)C(F)(F)O2. The van der Waals surface area contributed by atoms with Crippen LogP contribution in [0, 0.1) is 0 Å². The number of hydrogen-bond acceptors (Lipinski definition) is 3. The lowest BCUT2D eigenvalue weighted by Gasteiger charge is -2.32. The predicted molar refractivity (Wildman–Crippen MR) is 64.4 cm³/mol. The molecule has 3 nitrogen and oxygen atoms in total. The number of hydrogen-bond donors (Lipinski definition) is 0. The quantitative estimate of drug-likeness (QED) is 0.604. The Labute approximate surface area is 120 Å². The van der Waals surface area contributed by atoms with Gasteiger partial charge in [-0.3, -0.25) is 0 Å². The Bertz CT molecular complexity index is 548. The van der Waals surface area contributed by atoms with Gasteiger partial charge in [0, 0.05) is 10.9 Å². The number of ether oxygens (including phenoxy) is 2.